The number of rotatable bonds is 4. The molecule has 0 spiro atoms. The van der Waals surface area contributed by atoms with Crippen LogP contribution in [0.3, 0.4) is 0 Å². The van der Waals surface area contributed by atoms with Gasteiger partial charge in [0.1, 0.15) is 0 Å². The van der Waals surface area contributed by atoms with E-state index in [1.54, 1.807) is 0 Å². The maximum Gasteiger partial charge on any atom is 0.224 e. The Kier molecular flexibility index (Phi) is 4.07. The van der Waals surface area contributed by atoms with Crippen LogP contribution in [0, 0.1) is 12.3 Å². The third-order valence-electron chi connectivity index (χ3n) is 2.49. The fourth-order valence-electron chi connectivity index (χ4n) is 1.43. The zero-order chi connectivity index (χ0) is 12.2. The number of amides is 1. The van der Waals surface area contributed by atoms with Gasteiger partial charge in [-0.05, 0) is 36.6 Å². The highest BCUT2D eigenvalue weighted by Gasteiger charge is 2.19. The normalized spacial score (nSPS) is 11.2. The van der Waals surface area contributed by atoms with Gasteiger partial charge in [-0.1, -0.05) is 26.0 Å². The van der Waals surface area contributed by atoms with E-state index >= 15 is 0 Å². The van der Waals surface area contributed by atoms with Crippen LogP contribution in [0.25, 0.3) is 0 Å². The molecule has 3 N–H and O–H groups in total. The van der Waals surface area contributed by atoms with Crippen molar-refractivity contribution in [1.82, 2.24) is 0 Å². The second-order valence-electron chi connectivity index (χ2n) is 4.96. The summed E-state index contributed by atoms with van der Waals surface area (Å²) in [6.07, 6.45) is 0.442. The molecule has 0 aliphatic carbocycles. The average Bonchev–Trinajstić information content (AvgIpc) is 2.16. The summed E-state index contributed by atoms with van der Waals surface area (Å²) in [5, 5.41) is 2.88. The third kappa shape index (κ3) is 4.03. The molecule has 0 radical (unpaired) electrons. The van der Waals surface area contributed by atoms with Crippen molar-refractivity contribution >= 4 is 11.6 Å². The van der Waals surface area contributed by atoms with Gasteiger partial charge in [0.15, 0.2) is 0 Å². The molecule has 0 bridgehead atoms. The standard InChI is InChI=1S/C13H20N2O/c1-10-5-4-6-11(7-10)15-12(16)8-13(2,3)9-14/h4-7H,8-9,14H2,1-3H3,(H,15,16). The molecule has 16 heavy (non-hydrogen) atoms. The zero-order valence-electron chi connectivity index (χ0n) is 10.2. The molecule has 1 aromatic carbocycles. The third-order valence-corrected chi connectivity index (χ3v) is 2.49. The first-order chi connectivity index (χ1) is 7.43. The van der Waals surface area contributed by atoms with Gasteiger partial charge in [0.25, 0.3) is 0 Å². The molecule has 3 heteroatoms. The lowest BCUT2D eigenvalue weighted by Crippen LogP contribution is -2.29. The van der Waals surface area contributed by atoms with E-state index < -0.39 is 0 Å². The molecule has 0 unspecified atom stereocenters. The first-order valence-corrected chi connectivity index (χ1v) is 5.49. The Morgan fingerprint density at radius 1 is 1.44 bits per heavy atom. The smallest absolute Gasteiger partial charge is 0.224 e. The van der Waals surface area contributed by atoms with Crippen LogP contribution in [-0.4, -0.2) is 12.5 Å². The quantitative estimate of drug-likeness (QED) is 0.818. The van der Waals surface area contributed by atoms with Gasteiger partial charge in [0.05, 0.1) is 0 Å². The number of benzene rings is 1. The van der Waals surface area contributed by atoms with E-state index in [0.29, 0.717) is 13.0 Å². The number of carbonyl (C=O) groups is 1. The summed E-state index contributed by atoms with van der Waals surface area (Å²) in [5.41, 5.74) is 7.43. The molecule has 1 aromatic rings. The summed E-state index contributed by atoms with van der Waals surface area (Å²) in [6.45, 7) is 6.49. The van der Waals surface area contributed by atoms with Gasteiger partial charge in [-0.15, -0.1) is 0 Å². The Morgan fingerprint density at radius 2 is 2.12 bits per heavy atom. The Morgan fingerprint density at radius 3 is 2.69 bits per heavy atom. The predicted octanol–water partition coefficient (Wildman–Crippen LogP) is 2.31. The number of aryl methyl sites for hydroxylation is 1. The number of nitrogens with one attached hydrogen (secondary N) is 1. The molecule has 88 valence electrons. The molecule has 1 rings (SSSR count). The van der Waals surface area contributed by atoms with E-state index in [4.69, 9.17) is 5.73 Å². The largest absolute Gasteiger partial charge is 0.330 e. The first kappa shape index (κ1) is 12.7. The van der Waals surface area contributed by atoms with Crippen molar-refractivity contribution in [2.24, 2.45) is 11.1 Å². The van der Waals surface area contributed by atoms with E-state index in [1.807, 2.05) is 45.0 Å². The average molecular weight is 220 g/mol. The van der Waals surface area contributed by atoms with Crippen LogP contribution in [0.4, 0.5) is 5.69 Å². The van der Waals surface area contributed by atoms with E-state index in [1.165, 1.54) is 0 Å². The van der Waals surface area contributed by atoms with Gasteiger partial charge in [-0.2, -0.15) is 0 Å². The molecule has 0 saturated heterocycles. The van der Waals surface area contributed by atoms with Crippen molar-refractivity contribution in [3.63, 3.8) is 0 Å². The molecular formula is C13H20N2O. The van der Waals surface area contributed by atoms with E-state index in [0.717, 1.165) is 11.3 Å². The monoisotopic (exact) mass is 220 g/mol. The zero-order valence-corrected chi connectivity index (χ0v) is 10.2. The number of carbonyl (C=O) groups excluding carboxylic acids is 1. The summed E-state index contributed by atoms with van der Waals surface area (Å²) in [5.74, 6) is 0.0149. The van der Waals surface area contributed by atoms with Crippen LogP contribution < -0.4 is 11.1 Å². The van der Waals surface area contributed by atoms with Gasteiger partial charge in [0, 0.05) is 12.1 Å². The number of nitrogens with two attached hydrogens (primary N) is 1. The van der Waals surface area contributed by atoms with Crippen LogP contribution in [0.5, 0.6) is 0 Å². The molecule has 0 aliphatic heterocycles. The minimum absolute atomic E-state index is 0.0149. The van der Waals surface area contributed by atoms with Crippen LogP contribution in [0.2, 0.25) is 0 Å². The Hall–Kier alpha value is -1.35. The van der Waals surface area contributed by atoms with Crippen molar-refractivity contribution in [3.05, 3.63) is 29.8 Å². The molecular weight excluding hydrogens is 200 g/mol. The van der Waals surface area contributed by atoms with Crippen LogP contribution in [0.15, 0.2) is 24.3 Å². The number of anilines is 1. The lowest BCUT2D eigenvalue weighted by atomic mass is 9.89. The second-order valence-corrected chi connectivity index (χ2v) is 4.96. The molecule has 0 saturated carbocycles. The summed E-state index contributed by atoms with van der Waals surface area (Å²) < 4.78 is 0. The van der Waals surface area contributed by atoms with E-state index in [-0.39, 0.29) is 11.3 Å². The molecule has 0 fully saturated rings. The SMILES string of the molecule is Cc1cccc(NC(=O)CC(C)(C)CN)c1. The van der Waals surface area contributed by atoms with Crippen LogP contribution in [-0.2, 0) is 4.79 Å². The van der Waals surface area contributed by atoms with Crippen molar-refractivity contribution in [1.29, 1.82) is 0 Å². The Bertz CT molecular complexity index is 372. The van der Waals surface area contributed by atoms with Gasteiger partial charge in [-0.25, -0.2) is 0 Å². The summed E-state index contributed by atoms with van der Waals surface area (Å²) >= 11 is 0. The molecule has 0 atom stereocenters. The van der Waals surface area contributed by atoms with Crippen molar-refractivity contribution in [3.8, 4) is 0 Å². The molecule has 1 amide bonds. The summed E-state index contributed by atoms with van der Waals surface area (Å²) in [4.78, 5) is 11.7. The fourth-order valence-corrected chi connectivity index (χ4v) is 1.43. The Balaban J connectivity index is 2.59. The number of hydrogen-bond donors (Lipinski definition) is 2. The van der Waals surface area contributed by atoms with E-state index in [2.05, 4.69) is 5.32 Å². The first-order valence-electron chi connectivity index (χ1n) is 5.49. The summed E-state index contributed by atoms with van der Waals surface area (Å²) in [7, 11) is 0. The predicted molar refractivity (Wildman–Crippen MR) is 67.3 cm³/mol. The topological polar surface area (TPSA) is 55.1 Å². The van der Waals surface area contributed by atoms with Crippen molar-refractivity contribution in [2.75, 3.05) is 11.9 Å². The van der Waals surface area contributed by atoms with Gasteiger partial charge < -0.3 is 11.1 Å². The van der Waals surface area contributed by atoms with Crippen LogP contribution in [0.1, 0.15) is 25.8 Å². The maximum atomic E-state index is 11.7. The van der Waals surface area contributed by atoms with E-state index in [9.17, 15) is 4.79 Å². The van der Waals surface area contributed by atoms with Gasteiger partial charge in [-0.3, -0.25) is 4.79 Å². The maximum absolute atomic E-state index is 11.7. The molecule has 3 nitrogen and oxygen atoms in total. The van der Waals surface area contributed by atoms with Crippen molar-refractivity contribution < 1.29 is 4.79 Å². The van der Waals surface area contributed by atoms with Crippen LogP contribution >= 0.6 is 0 Å². The lowest BCUT2D eigenvalue weighted by Gasteiger charge is -2.21. The van der Waals surface area contributed by atoms with Crippen molar-refractivity contribution in [2.45, 2.75) is 27.2 Å². The lowest BCUT2D eigenvalue weighted by molar-refractivity contribution is -0.117. The Labute approximate surface area is 97.0 Å². The molecule has 0 heterocycles. The summed E-state index contributed by atoms with van der Waals surface area (Å²) in [6, 6.07) is 7.77. The highest BCUT2D eigenvalue weighted by Crippen LogP contribution is 2.19. The minimum atomic E-state index is -0.145. The molecule has 0 aliphatic rings. The highest BCUT2D eigenvalue weighted by molar-refractivity contribution is 5.91. The molecule has 0 aromatic heterocycles. The highest BCUT2D eigenvalue weighted by atomic mass is 16.1. The van der Waals surface area contributed by atoms with Gasteiger partial charge in [0.2, 0.25) is 5.91 Å². The fraction of sp³-hybridized carbons (Fsp3) is 0.462. The second kappa shape index (κ2) is 5.12. The minimum Gasteiger partial charge on any atom is -0.330 e. The number of hydrogen-bond acceptors (Lipinski definition) is 2. The van der Waals surface area contributed by atoms with Gasteiger partial charge >= 0.3 is 0 Å².